The summed E-state index contributed by atoms with van der Waals surface area (Å²) in [5.74, 6) is -1.02. The number of likely N-dealkylation sites (N-methyl/N-ethyl adjacent to an activating group) is 1. The molecule has 0 radical (unpaired) electrons. The second kappa shape index (κ2) is 7.79. The Bertz CT molecular complexity index is 765. The van der Waals surface area contributed by atoms with E-state index < -0.39 is 11.7 Å². The van der Waals surface area contributed by atoms with E-state index >= 15 is 0 Å². The van der Waals surface area contributed by atoms with Crippen LogP contribution in [0.4, 0.5) is 15.8 Å². The molecule has 2 aromatic carbocycles. The van der Waals surface area contributed by atoms with E-state index in [0.29, 0.717) is 16.9 Å². The number of hydrogen-bond acceptors (Lipinski definition) is 3. The number of anilines is 2. The molecule has 126 valence electrons. The third kappa shape index (κ3) is 4.45. The zero-order valence-corrected chi connectivity index (χ0v) is 14.0. The van der Waals surface area contributed by atoms with Crippen molar-refractivity contribution in [3.8, 4) is 0 Å². The smallest absolute Gasteiger partial charge is 0.257 e. The van der Waals surface area contributed by atoms with Crippen LogP contribution >= 0.6 is 11.6 Å². The summed E-state index contributed by atoms with van der Waals surface area (Å²) < 4.78 is 13.1. The topological polar surface area (TPSA) is 61.4 Å². The minimum atomic E-state index is -0.484. The fraction of sp³-hybridized carbons (Fsp3) is 0.176. The van der Waals surface area contributed by atoms with Gasteiger partial charge in [0.05, 0.1) is 22.8 Å². The van der Waals surface area contributed by atoms with Crippen molar-refractivity contribution in [2.45, 2.75) is 0 Å². The quantitative estimate of drug-likeness (QED) is 0.871. The monoisotopic (exact) mass is 349 g/mol. The van der Waals surface area contributed by atoms with Crippen LogP contribution in [0.3, 0.4) is 0 Å². The summed E-state index contributed by atoms with van der Waals surface area (Å²) in [6, 6.07) is 10.5. The Labute approximate surface area is 144 Å². The predicted molar refractivity (Wildman–Crippen MR) is 93.0 cm³/mol. The van der Waals surface area contributed by atoms with Crippen molar-refractivity contribution in [2.24, 2.45) is 0 Å². The number of nitrogens with one attached hydrogen (secondary N) is 2. The molecule has 24 heavy (non-hydrogen) atoms. The SMILES string of the molecule is CN(C)C(=O)CNc1ccccc1C(=O)Nc1ccc(F)cc1Cl. The molecule has 0 fully saturated rings. The highest BCUT2D eigenvalue weighted by molar-refractivity contribution is 6.34. The van der Waals surface area contributed by atoms with Gasteiger partial charge in [-0.25, -0.2) is 4.39 Å². The van der Waals surface area contributed by atoms with Crippen LogP contribution in [0.2, 0.25) is 5.02 Å². The van der Waals surface area contributed by atoms with Crippen molar-refractivity contribution >= 4 is 34.8 Å². The normalized spacial score (nSPS) is 10.2. The van der Waals surface area contributed by atoms with Gasteiger partial charge in [-0.05, 0) is 30.3 Å². The van der Waals surface area contributed by atoms with Gasteiger partial charge >= 0.3 is 0 Å². The molecule has 2 aromatic rings. The van der Waals surface area contributed by atoms with Gasteiger partial charge in [-0.2, -0.15) is 0 Å². The molecule has 0 aliphatic rings. The number of halogens is 2. The lowest BCUT2D eigenvalue weighted by atomic mass is 10.1. The van der Waals surface area contributed by atoms with Crippen molar-refractivity contribution in [3.63, 3.8) is 0 Å². The number of benzene rings is 2. The van der Waals surface area contributed by atoms with Crippen molar-refractivity contribution in [1.29, 1.82) is 0 Å². The van der Waals surface area contributed by atoms with Gasteiger partial charge in [-0.3, -0.25) is 9.59 Å². The first-order valence-electron chi connectivity index (χ1n) is 7.18. The molecule has 0 atom stereocenters. The maximum atomic E-state index is 13.1. The number of carbonyl (C=O) groups excluding carboxylic acids is 2. The fourth-order valence-electron chi connectivity index (χ4n) is 1.94. The van der Waals surface area contributed by atoms with Gasteiger partial charge in [0.1, 0.15) is 5.82 Å². The van der Waals surface area contributed by atoms with Crippen molar-refractivity contribution in [2.75, 3.05) is 31.3 Å². The number of hydrogen-bond donors (Lipinski definition) is 2. The van der Waals surface area contributed by atoms with Crippen LogP contribution in [-0.2, 0) is 4.79 Å². The minimum Gasteiger partial charge on any atom is -0.376 e. The maximum absolute atomic E-state index is 13.1. The molecule has 2 amide bonds. The minimum absolute atomic E-state index is 0.0641. The summed E-state index contributed by atoms with van der Waals surface area (Å²) in [5.41, 5.74) is 1.18. The van der Waals surface area contributed by atoms with Crippen LogP contribution in [0.15, 0.2) is 42.5 Å². The largest absolute Gasteiger partial charge is 0.376 e. The summed E-state index contributed by atoms with van der Waals surface area (Å²) >= 11 is 5.92. The first-order chi connectivity index (χ1) is 11.4. The van der Waals surface area contributed by atoms with E-state index in [1.807, 2.05) is 0 Å². The lowest BCUT2D eigenvalue weighted by Gasteiger charge is -2.15. The average Bonchev–Trinajstić information content (AvgIpc) is 2.55. The van der Waals surface area contributed by atoms with E-state index in [9.17, 15) is 14.0 Å². The third-order valence-electron chi connectivity index (χ3n) is 3.28. The summed E-state index contributed by atoms with van der Waals surface area (Å²) in [4.78, 5) is 25.6. The molecule has 5 nitrogen and oxygen atoms in total. The van der Waals surface area contributed by atoms with Crippen LogP contribution in [0.1, 0.15) is 10.4 Å². The van der Waals surface area contributed by atoms with Crippen molar-refractivity contribution in [3.05, 3.63) is 58.9 Å². The van der Waals surface area contributed by atoms with E-state index in [4.69, 9.17) is 11.6 Å². The van der Waals surface area contributed by atoms with Gasteiger partial charge in [0.15, 0.2) is 0 Å². The molecule has 0 saturated carbocycles. The Morgan fingerprint density at radius 3 is 2.50 bits per heavy atom. The lowest BCUT2D eigenvalue weighted by molar-refractivity contribution is -0.126. The Hall–Kier alpha value is -2.60. The third-order valence-corrected chi connectivity index (χ3v) is 3.59. The highest BCUT2D eigenvalue weighted by Gasteiger charge is 2.14. The molecule has 0 aliphatic carbocycles. The molecule has 0 saturated heterocycles. The zero-order chi connectivity index (χ0) is 17.7. The Morgan fingerprint density at radius 2 is 1.83 bits per heavy atom. The average molecular weight is 350 g/mol. The van der Waals surface area contributed by atoms with Gasteiger partial charge in [-0.1, -0.05) is 23.7 Å². The Morgan fingerprint density at radius 1 is 1.12 bits per heavy atom. The number of amides is 2. The molecule has 0 aromatic heterocycles. The van der Waals surface area contributed by atoms with Gasteiger partial charge in [0.25, 0.3) is 5.91 Å². The molecule has 0 aliphatic heterocycles. The highest BCUT2D eigenvalue weighted by Crippen LogP contribution is 2.24. The first-order valence-corrected chi connectivity index (χ1v) is 7.55. The molecular weight excluding hydrogens is 333 g/mol. The van der Waals surface area contributed by atoms with Crippen LogP contribution in [0.5, 0.6) is 0 Å². The van der Waals surface area contributed by atoms with Gasteiger partial charge < -0.3 is 15.5 Å². The maximum Gasteiger partial charge on any atom is 0.257 e. The molecule has 0 bridgehead atoms. The van der Waals surface area contributed by atoms with Gasteiger partial charge in [0, 0.05) is 19.8 Å². The standard InChI is InChI=1S/C17H17ClFN3O2/c1-22(2)16(23)10-20-14-6-4-3-5-12(14)17(24)21-15-8-7-11(19)9-13(15)18/h3-9,20H,10H2,1-2H3,(H,21,24). The van der Waals surface area contributed by atoms with E-state index in [-0.39, 0.29) is 17.5 Å². The number of carbonyl (C=O) groups is 2. The second-order valence-electron chi connectivity index (χ2n) is 5.27. The molecule has 2 rings (SSSR count). The molecule has 2 N–H and O–H groups in total. The molecule has 0 unspecified atom stereocenters. The van der Waals surface area contributed by atoms with E-state index in [1.165, 1.54) is 17.0 Å². The molecule has 0 spiro atoms. The van der Waals surface area contributed by atoms with E-state index in [0.717, 1.165) is 6.07 Å². The van der Waals surface area contributed by atoms with Crippen molar-refractivity contribution < 1.29 is 14.0 Å². The van der Waals surface area contributed by atoms with Gasteiger partial charge in [0.2, 0.25) is 5.91 Å². The zero-order valence-electron chi connectivity index (χ0n) is 13.3. The van der Waals surface area contributed by atoms with Crippen LogP contribution in [0.25, 0.3) is 0 Å². The van der Waals surface area contributed by atoms with Crippen LogP contribution in [0, 0.1) is 5.82 Å². The van der Waals surface area contributed by atoms with E-state index in [1.54, 1.807) is 38.4 Å². The summed E-state index contributed by atoms with van der Waals surface area (Å²) in [5, 5.41) is 5.68. The van der Waals surface area contributed by atoms with Gasteiger partial charge in [-0.15, -0.1) is 0 Å². The molecule has 0 heterocycles. The number of para-hydroxylation sites is 1. The Balaban J connectivity index is 2.16. The number of rotatable bonds is 5. The summed E-state index contributed by atoms with van der Waals surface area (Å²) in [6.45, 7) is 0.0641. The van der Waals surface area contributed by atoms with Crippen LogP contribution in [-0.4, -0.2) is 37.4 Å². The van der Waals surface area contributed by atoms with Crippen molar-refractivity contribution in [1.82, 2.24) is 4.90 Å². The molecule has 7 heteroatoms. The lowest BCUT2D eigenvalue weighted by Crippen LogP contribution is -2.29. The predicted octanol–water partition coefficient (Wildman–Crippen LogP) is 3.23. The summed E-state index contributed by atoms with van der Waals surface area (Å²) in [7, 11) is 3.30. The van der Waals surface area contributed by atoms with E-state index in [2.05, 4.69) is 10.6 Å². The van der Waals surface area contributed by atoms with Crippen LogP contribution < -0.4 is 10.6 Å². The second-order valence-corrected chi connectivity index (χ2v) is 5.67. The Kier molecular flexibility index (Phi) is 5.76. The first kappa shape index (κ1) is 17.7. The number of nitrogens with zero attached hydrogens (tertiary/aromatic N) is 1. The molecular formula is C17H17ClFN3O2. The fourth-order valence-corrected chi connectivity index (χ4v) is 2.16. The summed E-state index contributed by atoms with van der Waals surface area (Å²) in [6.07, 6.45) is 0. The highest BCUT2D eigenvalue weighted by atomic mass is 35.5.